The molecule has 1 unspecified atom stereocenters. The third-order valence-electron chi connectivity index (χ3n) is 3.85. The molecule has 2 N–H and O–H groups in total. The number of hydrogen-bond acceptors (Lipinski definition) is 2. The highest BCUT2D eigenvalue weighted by atomic mass is 16.5. The lowest BCUT2D eigenvalue weighted by atomic mass is 9.73. The molecule has 0 aromatic rings. The Labute approximate surface area is 101 Å². The first-order valence-electron chi connectivity index (χ1n) is 6.94. The van der Waals surface area contributed by atoms with Gasteiger partial charge in [-0.2, -0.15) is 0 Å². The Morgan fingerprint density at radius 2 is 1.88 bits per heavy atom. The third kappa shape index (κ3) is 3.74. The monoisotopic (exact) mass is 227 g/mol. The average Bonchev–Trinajstić information content (AvgIpc) is 2.67. The minimum Gasteiger partial charge on any atom is -0.380 e. The van der Waals surface area contributed by atoms with Crippen LogP contribution < -0.4 is 5.73 Å². The van der Waals surface area contributed by atoms with Crippen molar-refractivity contribution in [2.24, 2.45) is 17.1 Å². The summed E-state index contributed by atoms with van der Waals surface area (Å²) in [5, 5.41) is 0. The van der Waals surface area contributed by atoms with Crippen molar-refractivity contribution in [3.05, 3.63) is 0 Å². The maximum Gasteiger partial charge on any atom is 0.0622 e. The standard InChI is InChI=1S/C14H29NO/c1-4-9-16-11-13(15)14(10-12(2)3)7-5-6-8-14/h12-13H,4-11,15H2,1-3H3. The molecule has 0 saturated heterocycles. The third-order valence-corrected chi connectivity index (χ3v) is 3.85. The van der Waals surface area contributed by atoms with Gasteiger partial charge in [0, 0.05) is 12.6 Å². The molecule has 1 atom stereocenters. The summed E-state index contributed by atoms with van der Waals surface area (Å²) in [4.78, 5) is 0. The van der Waals surface area contributed by atoms with Crippen LogP contribution in [0.4, 0.5) is 0 Å². The zero-order valence-corrected chi connectivity index (χ0v) is 11.3. The normalized spacial score (nSPS) is 21.6. The molecule has 1 fully saturated rings. The molecule has 1 rings (SSSR count). The predicted molar refractivity (Wildman–Crippen MR) is 69.4 cm³/mol. The van der Waals surface area contributed by atoms with Crippen molar-refractivity contribution < 1.29 is 4.74 Å². The van der Waals surface area contributed by atoms with Crippen molar-refractivity contribution in [1.29, 1.82) is 0 Å². The van der Waals surface area contributed by atoms with E-state index in [4.69, 9.17) is 10.5 Å². The average molecular weight is 227 g/mol. The first-order chi connectivity index (χ1) is 7.60. The molecule has 0 amide bonds. The molecule has 16 heavy (non-hydrogen) atoms. The highest BCUT2D eigenvalue weighted by molar-refractivity contribution is 4.93. The van der Waals surface area contributed by atoms with Gasteiger partial charge in [0.05, 0.1) is 6.61 Å². The Morgan fingerprint density at radius 1 is 1.25 bits per heavy atom. The second kappa shape index (κ2) is 6.61. The summed E-state index contributed by atoms with van der Waals surface area (Å²) in [7, 11) is 0. The topological polar surface area (TPSA) is 35.2 Å². The van der Waals surface area contributed by atoms with Crippen molar-refractivity contribution in [1.82, 2.24) is 0 Å². The van der Waals surface area contributed by atoms with Gasteiger partial charge in [0.1, 0.15) is 0 Å². The number of nitrogens with two attached hydrogens (primary N) is 1. The minimum absolute atomic E-state index is 0.240. The fraction of sp³-hybridized carbons (Fsp3) is 1.00. The summed E-state index contributed by atoms with van der Waals surface area (Å²) in [5.41, 5.74) is 6.75. The van der Waals surface area contributed by atoms with Crippen LogP contribution in [0.25, 0.3) is 0 Å². The molecule has 0 heterocycles. The molecule has 1 aliphatic carbocycles. The Morgan fingerprint density at radius 3 is 2.38 bits per heavy atom. The van der Waals surface area contributed by atoms with Gasteiger partial charge in [-0.15, -0.1) is 0 Å². The highest BCUT2D eigenvalue weighted by Gasteiger charge is 2.39. The van der Waals surface area contributed by atoms with Crippen molar-refractivity contribution in [3.63, 3.8) is 0 Å². The molecular weight excluding hydrogens is 198 g/mol. The summed E-state index contributed by atoms with van der Waals surface area (Å²) in [6.07, 6.45) is 7.68. The second-order valence-electron chi connectivity index (χ2n) is 5.85. The number of hydrogen-bond donors (Lipinski definition) is 1. The van der Waals surface area contributed by atoms with Crippen LogP contribution in [-0.2, 0) is 4.74 Å². The van der Waals surface area contributed by atoms with Crippen LogP contribution in [0.3, 0.4) is 0 Å². The lowest BCUT2D eigenvalue weighted by Crippen LogP contribution is -2.44. The van der Waals surface area contributed by atoms with Crippen LogP contribution in [0.1, 0.15) is 59.3 Å². The van der Waals surface area contributed by atoms with Gasteiger partial charge >= 0.3 is 0 Å². The van der Waals surface area contributed by atoms with E-state index < -0.39 is 0 Å². The van der Waals surface area contributed by atoms with Crippen LogP contribution in [-0.4, -0.2) is 19.3 Å². The van der Waals surface area contributed by atoms with Gasteiger partial charge in [-0.05, 0) is 37.0 Å². The van der Waals surface area contributed by atoms with Gasteiger partial charge < -0.3 is 10.5 Å². The molecule has 2 nitrogen and oxygen atoms in total. The number of rotatable bonds is 7. The molecule has 0 aliphatic heterocycles. The molecule has 0 spiro atoms. The highest BCUT2D eigenvalue weighted by Crippen LogP contribution is 2.45. The van der Waals surface area contributed by atoms with Crippen LogP contribution in [0.5, 0.6) is 0 Å². The Kier molecular flexibility index (Phi) is 5.77. The molecular formula is C14H29NO. The SMILES string of the molecule is CCCOCC(N)C1(CC(C)C)CCCC1. The van der Waals surface area contributed by atoms with E-state index in [0.717, 1.165) is 25.6 Å². The molecule has 0 bridgehead atoms. The summed E-state index contributed by atoms with van der Waals surface area (Å²) in [5.74, 6) is 0.746. The lowest BCUT2D eigenvalue weighted by molar-refractivity contribution is 0.0641. The van der Waals surface area contributed by atoms with Crippen LogP contribution >= 0.6 is 0 Å². The maximum atomic E-state index is 6.38. The number of ether oxygens (including phenoxy) is 1. The summed E-state index contributed by atoms with van der Waals surface area (Å²) in [6.45, 7) is 8.36. The summed E-state index contributed by atoms with van der Waals surface area (Å²) < 4.78 is 5.64. The van der Waals surface area contributed by atoms with E-state index in [1.165, 1.54) is 32.1 Å². The van der Waals surface area contributed by atoms with E-state index in [2.05, 4.69) is 20.8 Å². The van der Waals surface area contributed by atoms with Crippen LogP contribution in [0.2, 0.25) is 0 Å². The molecule has 0 aromatic carbocycles. The van der Waals surface area contributed by atoms with Gasteiger partial charge in [-0.1, -0.05) is 33.6 Å². The zero-order valence-electron chi connectivity index (χ0n) is 11.3. The first-order valence-corrected chi connectivity index (χ1v) is 6.94. The summed E-state index contributed by atoms with van der Waals surface area (Å²) >= 11 is 0. The molecule has 0 radical (unpaired) electrons. The Bertz CT molecular complexity index is 185. The molecule has 0 aromatic heterocycles. The van der Waals surface area contributed by atoms with E-state index in [-0.39, 0.29) is 6.04 Å². The van der Waals surface area contributed by atoms with Crippen molar-refractivity contribution in [2.45, 2.75) is 65.3 Å². The van der Waals surface area contributed by atoms with Crippen molar-refractivity contribution in [3.8, 4) is 0 Å². The predicted octanol–water partition coefficient (Wildman–Crippen LogP) is 3.35. The lowest BCUT2D eigenvalue weighted by Gasteiger charge is -2.36. The molecule has 1 aliphatic rings. The van der Waals surface area contributed by atoms with Gasteiger partial charge in [-0.25, -0.2) is 0 Å². The Hall–Kier alpha value is -0.0800. The smallest absolute Gasteiger partial charge is 0.0622 e. The quantitative estimate of drug-likeness (QED) is 0.677. The van der Waals surface area contributed by atoms with E-state index in [1.54, 1.807) is 0 Å². The molecule has 2 heteroatoms. The Balaban J connectivity index is 2.48. The van der Waals surface area contributed by atoms with Gasteiger partial charge in [0.25, 0.3) is 0 Å². The van der Waals surface area contributed by atoms with E-state index in [9.17, 15) is 0 Å². The van der Waals surface area contributed by atoms with Crippen LogP contribution in [0.15, 0.2) is 0 Å². The van der Waals surface area contributed by atoms with Crippen molar-refractivity contribution >= 4 is 0 Å². The van der Waals surface area contributed by atoms with E-state index >= 15 is 0 Å². The first kappa shape index (κ1) is 14.0. The zero-order chi connectivity index (χ0) is 12.0. The fourth-order valence-electron chi connectivity index (χ4n) is 3.15. The summed E-state index contributed by atoms with van der Waals surface area (Å²) in [6, 6.07) is 0.240. The minimum atomic E-state index is 0.240. The molecule has 96 valence electrons. The van der Waals surface area contributed by atoms with Gasteiger partial charge in [-0.3, -0.25) is 0 Å². The van der Waals surface area contributed by atoms with Gasteiger partial charge in [0.15, 0.2) is 0 Å². The second-order valence-corrected chi connectivity index (χ2v) is 5.85. The van der Waals surface area contributed by atoms with E-state index in [1.807, 2.05) is 0 Å². The van der Waals surface area contributed by atoms with E-state index in [0.29, 0.717) is 5.41 Å². The van der Waals surface area contributed by atoms with Gasteiger partial charge in [0.2, 0.25) is 0 Å². The van der Waals surface area contributed by atoms with Crippen molar-refractivity contribution in [2.75, 3.05) is 13.2 Å². The largest absolute Gasteiger partial charge is 0.380 e. The fourth-order valence-corrected chi connectivity index (χ4v) is 3.15. The molecule has 1 saturated carbocycles. The van der Waals surface area contributed by atoms with Crippen LogP contribution in [0, 0.1) is 11.3 Å². The maximum absolute atomic E-state index is 6.38.